The van der Waals surface area contributed by atoms with Gasteiger partial charge in [-0.3, -0.25) is 14.9 Å². The number of hydrogen-bond acceptors (Lipinski definition) is 4. The van der Waals surface area contributed by atoms with E-state index in [2.05, 4.69) is 0 Å². The first-order valence-electron chi connectivity index (χ1n) is 7.12. The van der Waals surface area contributed by atoms with Crippen LogP contribution in [0, 0.1) is 17.0 Å². The van der Waals surface area contributed by atoms with Crippen molar-refractivity contribution in [2.45, 2.75) is 19.9 Å². The lowest BCUT2D eigenvalue weighted by Crippen LogP contribution is -2.16. The van der Waals surface area contributed by atoms with E-state index in [9.17, 15) is 14.9 Å². The second kappa shape index (κ2) is 6.62. The molecule has 1 aromatic carbocycles. The summed E-state index contributed by atoms with van der Waals surface area (Å²) in [5.41, 5.74) is 7.89. The molecule has 7 nitrogen and oxygen atoms in total. The summed E-state index contributed by atoms with van der Waals surface area (Å²) in [5, 5.41) is 11.0. The summed E-state index contributed by atoms with van der Waals surface area (Å²) in [6.07, 6.45) is 0. The third-order valence-electron chi connectivity index (χ3n) is 3.76. The highest BCUT2D eigenvalue weighted by atomic mass is 16.6. The molecule has 0 saturated heterocycles. The van der Waals surface area contributed by atoms with Crippen LogP contribution >= 0.6 is 0 Å². The molecule has 1 amide bonds. The number of aromatic nitrogens is 1. The number of amides is 1. The molecule has 0 fully saturated rings. The van der Waals surface area contributed by atoms with Crippen LogP contribution in [0.25, 0.3) is 11.3 Å². The van der Waals surface area contributed by atoms with E-state index in [-0.39, 0.29) is 11.7 Å². The number of benzene rings is 1. The first-order chi connectivity index (χ1) is 10.9. The quantitative estimate of drug-likeness (QED) is 0.653. The molecule has 1 unspecified atom stereocenters. The van der Waals surface area contributed by atoms with Crippen LogP contribution in [0.1, 0.15) is 29.0 Å². The van der Waals surface area contributed by atoms with Gasteiger partial charge in [-0.05, 0) is 19.9 Å². The molecule has 1 aromatic heterocycles. The van der Waals surface area contributed by atoms with Crippen LogP contribution in [-0.2, 0) is 4.74 Å². The van der Waals surface area contributed by atoms with Gasteiger partial charge in [0.2, 0.25) is 0 Å². The fraction of sp³-hybridized carbons (Fsp3) is 0.312. The summed E-state index contributed by atoms with van der Waals surface area (Å²) in [7, 11) is 1.59. The number of hydrogen-bond donors (Lipinski definition) is 1. The summed E-state index contributed by atoms with van der Waals surface area (Å²) in [6, 6.07) is 7.91. The highest BCUT2D eigenvalue weighted by molar-refractivity contribution is 5.95. The van der Waals surface area contributed by atoms with Crippen LogP contribution < -0.4 is 5.73 Å². The number of carbonyl (C=O) groups is 1. The second-order valence-electron chi connectivity index (χ2n) is 5.37. The fourth-order valence-corrected chi connectivity index (χ4v) is 2.76. The van der Waals surface area contributed by atoms with Gasteiger partial charge >= 0.3 is 0 Å². The van der Waals surface area contributed by atoms with Crippen LogP contribution in [-0.4, -0.2) is 29.1 Å². The molecule has 122 valence electrons. The van der Waals surface area contributed by atoms with E-state index in [0.717, 1.165) is 0 Å². The van der Waals surface area contributed by atoms with Gasteiger partial charge in [0.1, 0.15) is 0 Å². The van der Waals surface area contributed by atoms with E-state index in [1.54, 1.807) is 32.2 Å². The Balaban J connectivity index is 2.65. The lowest BCUT2D eigenvalue weighted by atomic mass is 10.1. The lowest BCUT2D eigenvalue weighted by molar-refractivity contribution is -0.384. The number of nitrogens with two attached hydrogens (primary N) is 1. The zero-order valence-electron chi connectivity index (χ0n) is 13.3. The van der Waals surface area contributed by atoms with Crippen molar-refractivity contribution in [2.75, 3.05) is 13.7 Å². The molecular weight excluding hydrogens is 298 g/mol. The third kappa shape index (κ3) is 3.24. The van der Waals surface area contributed by atoms with Crippen LogP contribution in [0.5, 0.6) is 0 Å². The Morgan fingerprint density at radius 2 is 2.13 bits per heavy atom. The lowest BCUT2D eigenvalue weighted by Gasteiger charge is -2.19. The number of ether oxygens (including phenoxy) is 1. The predicted molar refractivity (Wildman–Crippen MR) is 86.4 cm³/mol. The Hall–Kier alpha value is -2.67. The van der Waals surface area contributed by atoms with Crippen molar-refractivity contribution in [1.29, 1.82) is 0 Å². The standard InChI is InChI=1S/C16H19N3O4/c1-10(9-23-3)18-11(2)14(16(17)20)8-15(18)12-5-4-6-13(7-12)19(21)22/h4-8,10H,9H2,1-3H3,(H2,17,20). The molecule has 0 aliphatic heterocycles. The van der Waals surface area contributed by atoms with Crippen molar-refractivity contribution in [3.63, 3.8) is 0 Å². The molecule has 0 saturated carbocycles. The predicted octanol–water partition coefficient (Wildman–Crippen LogP) is 2.68. The van der Waals surface area contributed by atoms with E-state index < -0.39 is 10.8 Å². The number of nitro benzene ring substituents is 1. The van der Waals surface area contributed by atoms with E-state index in [1.807, 2.05) is 11.5 Å². The molecule has 23 heavy (non-hydrogen) atoms. The van der Waals surface area contributed by atoms with Gasteiger partial charge in [-0.2, -0.15) is 0 Å². The molecule has 0 aliphatic carbocycles. The van der Waals surface area contributed by atoms with Gasteiger partial charge in [-0.1, -0.05) is 12.1 Å². The van der Waals surface area contributed by atoms with Gasteiger partial charge in [-0.15, -0.1) is 0 Å². The highest BCUT2D eigenvalue weighted by Gasteiger charge is 2.21. The SMILES string of the molecule is COCC(C)n1c(-c2cccc([N+](=O)[O-])c2)cc(C(N)=O)c1C. The maximum atomic E-state index is 11.6. The zero-order chi connectivity index (χ0) is 17.1. The van der Waals surface area contributed by atoms with Gasteiger partial charge in [0, 0.05) is 36.2 Å². The minimum absolute atomic E-state index is 0.00655. The highest BCUT2D eigenvalue weighted by Crippen LogP contribution is 2.31. The van der Waals surface area contributed by atoms with E-state index in [1.165, 1.54) is 12.1 Å². The molecule has 2 aromatic rings. The van der Waals surface area contributed by atoms with E-state index >= 15 is 0 Å². The zero-order valence-corrected chi connectivity index (χ0v) is 13.3. The molecule has 0 spiro atoms. The van der Waals surface area contributed by atoms with Gasteiger partial charge < -0.3 is 15.0 Å². The average Bonchev–Trinajstić information content (AvgIpc) is 2.85. The summed E-state index contributed by atoms with van der Waals surface area (Å²) in [4.78, 5) is 22.2. The largest absolute Gasteiger partial charge is 0.383 e. The van der Waals surface area contributed by atoms with Crippen molar-refractivity contribution in [3.8, 4) is 11.3 Å². The third-order valence-corrected chi connectivity index (χ3v) is 3.76. The maximum absolute atomic E-state index is 11.6. The Labute approximate surface area is 133 Å². The van der Waals surface area contributed by atoms with Crippen LogP contribution in [0.15, 0.2) is 30.3 Å². The first-order valence-corrected chi connectivity index (χ1v) is 7.12. The van der Waals surface area contributed by atoms with Crippen LogP contribution in [0.3, 0.4) is 0 Å². The van der Waals surface area contributed by atoms with E-state index in [4.69, 9.17) is 10.5 Å². The Morgan fingerprint density at radius 3 is 2.70 bits per heavy atom. The minimum atomic E-state index is -0.530. The molecular formula is C16H19N3O4. The Kier molecular flexibility index (Phi) is 4.80. The van der Waals surface area contributed by atoms with Crippen LogP contribution in [0.2, 0.25) is 0 Å². The van der Waals surface area contributed by atoms with Gasteiger partial charge in [0.05, 0.1) is 23.1 Å². The van der Waals surface area contributed by atoms with Gasteiger partial charge in [0.15, 0.2) is 0 Å². The number of primary amides is 1. The molecule has 7 heteroatoms. The van der Waals surface area contributed by atoms with Crippen molar-refractivity contribution in [1.82, 2.24) is 4.57 Å². The maximum Gasteiger partial charge on any atom is 0.270 e. The fourth-order valence-electron chi connectivity index (χ4n) is 2.76. The number of methoxy groups -OCH3 is 1. The topological polar surface area (TPSA) is 100 Å². The average molecular weight is 317 g/mol. The van der Waals surface area contributed by atoms with Crippen molar-refractivity contribution < 1.29 is 14.5 Å². The van der Waals surface area contributed by atoms with Crippen molar-refractivity contribution >= 4 is 11.6 Å². The monoisotopic (exact) mass is 317 g/mol. The second-order valence-corrected chi connectivity index (χ2v) is 5.37. The number of rotatable bonds is 6. The molecule has 1 atom stereocenters. The first kappa shape index (κ1) is 16.7. The summed E-state index contributed by atoms with van der Waals surface area (Å²) >= 11 is 0. The number of non-ortho nitro benzene ring substituents is 1. The number of nitrogens with zero attached hydrogens (tertiary/aromatic N) is 2. The molecule has 0 aliphatic rings. The summed E-state index contributed by atoms with van der Waals surface area (Å²) < 4.78 is 7.11. The molecule has 0 bridgehead atoms. The summed E-state index contributed by atoms with van der Waals surface area (Å²) in [5.74, 6) is -0.530. The smallest absolute Gasteiger partial charge is 0.270 e. The van der Waals surface area contributed by atoms with Gasteiger partial charge in [-0.25, -0.2) is 0 Å². The minimum Gasteiger partial charge on any atom is -0.383 e. The Bertz CT molecular complexity index is 752. The Morgan fingerprint density at radius 1 is 1.43 bits per heavy atom. The molecule has 2 rings (SSSR count). The summed E-state index contributed by atoms with van der Waals surface area (Å²) in [6.45, 7) is 4.19. The van der Waals surface area contributed by atoms with Crippen LogP contribution in [0.4, 0.5) is 5.69 Å². The van der Waals surface area contributed by atoms with Crippen molar-refractivity contribution in [3.05, 3.63) is 51.7 Å². The van der Waals surface area contributed by atoms with Gasteiger partial charge in [0.25, 0.3) is 11.6 Å². The number of nitro groups is 1. The molecule has 0 radical (unpaired) electrons. The molecule has 2 N–H and O–H groups in total. The molecule has 1 heterocycles. The van der Waals surface area contributed by atoms with E-state index in [0.29, 0.717) is 29.1 Å². The number of carbonyl (C=O) groups excluding carboxylic acids is 1. The van der Waals surface area contributed by atoms with Crippen molar-refractivity contribution in [2.24, 2.45) is 5.73 Å². The normalized spacial score (nSPS) is 12.1.